The number of hydrogen-bond acceptors (Lipinski definition) is 4. The van der Waals surface area contributed by atoms with Gasteiger partial charge in [0.2, 0.25) is 5.91 Å². The summed E-state index contributed by atoms with van der Waals surface area (Å²) in [7, 11) is 0. The third kappa shape index (κ3) is 4.51. The average molecular weight is 477 g/mol. The molecule has 35 heavy (non-hydrogen) atoms. The molecule has 2 aromatic carbocycles. The van der Waals surface area contributed by atoms with Gasteiger partial charge in [-0.3, -0.25) is 4.79 Å². The van der Waals surface area contributed by atoms with E-state index in [0.717, 1.165) is 47.9 Å². The molecule has 1 saturated carbocycles. The molecule has 3 atom stereocenters. The quantitative estimate of drug-likeness (QED) is 0.644. The van der Waals surface area contributed by atoms with Crippen LogP contribution in [-0.4, -0.2) is 53.2 Å². The summed E-state index contributed by atoms with van der Waals surface area (Å²) >= 11 is 0. The van der Waals surface area contributed by atoms with E-state index in [1.807, 2.05) is 31.2 Å². The number of nitrogens with one attached hydrogen (secondary N) is 1. The fraction of sp³-hybridized carbons (Fsp3) is 0.464. The molecule has 0 radical (unpaired) electrons. The van der Waals surface area contributed by atoms with Gasteiger partial charge in [0.15, 0.2) is 0 Å². The van der Waals surface area contributed by atoms with Crippen LogP contribution in [0.25, 0.3) is 11.1 Å². The van der Waals surface area contributed by atoms with Crippen LogP contribution in [0.5, 0.6) is 0 Å². The molecule has 2 fully saturated rings. The number of rotatable bonds is 6. The Morgan fingerprint density at radius 3 is 2.23 bits per heavy atom. The van der Waals surface area contributed by atoms with Gasteiger partial charge in [-0.05, 0) is 59.8 Å². The molecule has 5 rings (SSSR count). The SMILES string of the molecule is CC1CCN(C(=O)C(NC(=O)OCC2c3ccccc3-c3ccccc32)C2CCC2)C(C(=O)O)C1. The molecule has 2 aliphatic carbocycles. The second-order valence-electron chi connectivity index (χ2n) is 10.2. The third-order valence-corrected chi connectivity index (χ3v) is 7.94. The fourth-order valence-electron chi connectivity index (χ4n) is 5.74. The summed E-state index contributed by atoms with van der Waals surface area (Å²) < 4.78 is 5.68. The van der Waals surface area contributed by atoms with Gasteiger partial charge in [-0.25, -0.2) is 9.59 Å². The number of fused-ring (bicyclic) bond motifs is 3. The number of carbonyl (C=O) groups excluding carboxylic acids is 2. The molecule has 1 heterocycles. The first kappa shape index (κ1) is 23.4. The topological polar surface area (TPSA) is 95.9 Å². The maximum Gasteiger partial charge on any atom is 0.407 e. The van der Waals surface area contributed by atoms with Crippen molar-refractivity contribution in [3.63, 3.8) is 0 Å². The first-order chi connectivity index (χ1) is 16.9. The van der Waals surface area contributed by atoms with Crippen LogP contribution in [0.15, 0.2) is 48.5 Å². The van der Waals surface area contributed by atoms with Gasteiger partial charge in [-0.2, -0.15) is 0 Å². The number of amides is 2. The van der Waals surface area contributed by atoms with Crippen molar-refractivity contribution >= 4 is 18.0 Å². The summed E-state index contributed by atoms with van der Waals surface area (Å²) in [5, 5.41) is 12.5. The lowest BCUT2D eigenvalue weighted by molar-refractivity contribution is -0.154. The smallest absolute Gasteiger partial charge is 0.407 e. The van der Waals surface area contributed by atoms with Crippen LogP contribution < -0.4 is 5.32 Å². The standard InChI is InChI=1S/C28H32N2O5/c1-17-13-14-30(24(15-17)27(32)33)26(31)25(18-7-6-8-18)29-28(34)35-16-23-21-11-4-2-9-19(21)20-10-3-5-12-22(20)23/h2-5,9-12,17-18,23-25H,6-8,13-16H2,1H3,(H,29,34)(H,32,33). The van der Waals surface area contributed by atoms with Crippen molar-refractivity contribution in [2.24, 2.45) is 11.8 Å². The minimum atomic E-state index is -0.988. The number of hydrogen-bond donors (Lipinski definition) is 2. The lowest BCUT2D eigenvalue weighted by atomic mass is 9.78. The van der Waals surface area contributed by atoms with Crippen LogP contribution in [0, 0.1) is 11.8 Å². The van der Waals surface area contributed by atoms with E-state index in [2.05, 4.69) is 29.6 Å². The first-order valence-electron chi connectivity index (χ1n) is 12.6. The van der Waals surface area contributed by atoms with Crippen LogP contribution in [0.4, 0.5) is 4.79 Å². The monoisotopic (exact) mass is 476 g/mol. The van der Waals surface area contributed by atoms with Gasteiger partial charge in [-0.1, -0.05) is 61.9 Å². The minimum Gasteiger partial charge on any atom is -0.480 e. The molecular formula is C28H32N2O5. The Balaban J connectivity index is 1.28. The summed E-state index contributed by atoms with van der Waals surface area (Å²) in [6.07, 6.45) is 3.24. The van der Waals surface area contributed by atoms with Gasteiger partial charge >= 0.3 is 12.1 Å². The van der Waals surface area contributed by atoms with E-state index in [9.17, 15) is 19.5 Å². The number of alkyl carbamates (subject to hydrolysis) is 1. The average Bonchev–Trinajstić information content (AvgIpc) is 3.14. The summed E-state index contributed by atoms with van der Waals surface area (Å²) in [5.74, 6) is -1.10. The van der Waals surface area contributed by atoms with E-state index >= 15 is 0 Å². The Hall–Kier alpha value is -3.35. The zero-order valence-corrected chi connectivity index (χ0v) is 20.0. The number of carboxylic acid groups (broad SMARTS) is 1. The summed E-state index contributed by atoms with van der Waals surface area (Å²) in [4.78, 5) is 39.7. The molecule has 3 aliphatic rings. The molecule has 3 unspecified atom stereocenters. The summed E-state index contributed by atoms with van der Waals surface area (Å²) in [5.41, 5.74) is 4.55. The Morgan fingerprint density at radius 1 is 1.03 bits per heavy atom. The molecule has 7 heteroatoms. The van der Waals surface area contributed by atoms with E-state index in [4.69, 9.17) is 4.74 Å². The molecule has 7 nitrogen and oxygen atoms in total. The van der Waals surface area contributed by atoms with Crippen molar-refractivity contribution in [3.8, 4) is 11.1 Å². The van der Waals surface area contributed by atoms with Gasteiger partial charge in [0.05, 0.1) is 0 Å². The van der Waals surface area contributed by atoms with Gasteiger partial charge in [0.1, 0.15) is 18.7 Å². The highest BCUT2D eigenvalue weighted by Crippen LogP contribution is 2.44. The Bertz CT molecular complexity index is 1080. The fourth-order valence-corrected chi connectivity index (χ4v) is 5.74. The summed E-state index contributed by atoms with van der Waals surface area (Å²) in [6, 6.07) is 14.7. The number of carbonyl (C=O) groups is 3. The van der Waals surface area contributed by atoms with Crippen LogP contribution in [-0.2, 0) is 14.3 Å². The molecule has 2 N–H and O–H groups in total. The van der Waals surface area contributed by atoms with Crippen LogP contribution in [0.2, 0.25) is 0 Å². The van der Waals surface area contributed by atoms with E-state index in [1.165, 1.54) is 4.90 Å². The molecule has 0 spiro atoms. The molecule has 1 aliphatic heterocycles. The van der Waals surface area contributed by atoms with E-state index in [0.29, 0.717) is 13.0 Å². The number of nitrogens with zero attached hydrogens (tertiary/aromatic N) is 1. The van der Waals surface area contributed by atoms with E-state index in [-0.39, 0.29) is 30.3 Å². The normalized spacial score (nSPS) is 22.5. The molecule has 184 valence electrons. The number of likely N-dealkylation sites (tertiary alicyclic amines) is 1. The zero-order valence-electron chi connectivity index (χ0n) is 20.0. The highest BCUT2D eigenvalue weighted by Gasteiger charge is 2.42. The summed E-state index contributed by atoms with van der Waals surface area (Å²) in [6.45, 7) is 2.58. The van der Waals surface area contributed by atoms with Gasteiger partial charge < -0.3 is 20.1 Å². The Morgan fingerprint density at radius 2 is 1.66 bits per heavy atom. The number of benzene rings is 2. The largest absolute Gasteiger partial charge is 0.480 e. The van der Waals surface area contributed by atoms with Gasteiger partial charge in [0, 0.05) is 12.5 Å². The maximum atomic E-state index is 13.5. The second kappa shape index (κ2) is 9.72. The number of carboxylic acids is 1. The molecule has 0 bridgehead atoms. The predicted octanol–water partition coefficient (Wildman–Crippen LogP) is 4.41. The van der Waals surface area contributed by atoms with Crippen LogP contribution in [0.3, 0.4) is 0 Å². The highest BCUT2D eigenvalue weighted by atomic mass is 16.5. The molecule has 1 saturated heterocycles. The number of aliphatic carboxylic acids is 1. The Labute approximate surface area is 205 Å². The van der Waals surface area contributed by atoms with Gasteiger partial charge in [-0.15, -0.1) is 0 Å². The molecule has 2 aromatic rings. The van der Waals surface area contributed by atoms with Gasteiger partial charge in [0.25, 0.3) is 0 Å². The minimum absolute atomic E-state index is 0.0109. The van der Waals surface area contributed by atoms with E-state index < -0.39 is 24.1 Å². The van der Waals surface area contributed by atoms with Crippen LogP contribution in [0.1, 0.15) is 56.1 Å². The first-order valence-corrected chi connectivity index (χ1v) is 12.6. The lowest BCUT2D eigenvalue weighted by Crippen LogP contribution is -2.59. The van der Waals surface area contributed by atoms with Crippen molar-refractivity contribution in [1.82, 2.24) is 10.2 Å². The van der Waals surface area contributed by atoms with Crippen molar-refractivity contribution in [3.05, 3.63) is 59.7 Å². The zero-order chi connectivity index (χ0) is 24.5. The Kier molecular flexibility index (Phi) is 6.50. The van der Waals surface area contributed by atoms with Crippen molar-refractivity contribution in [1.29, 1.82) is 0 Å². The number of ether oxygens (including phenoxy) is 1. The van der Waals surface area contributed by atoms with Crippen molar-refractivity contribution < 1.29 is 24.2 Å². The highest BCUT2D eigenvalue weighted by molar-refractivity contribution is 5.90. The molecule has 2 amide bonds. The lowest BCUT2D eigenvalue weighted by Gasteiger charge is -2.41. The van der Waals surface area contributed by atoms with E-state index in [1.54, 1.807) is 0 Å². The number of piperidine rings is 1. The van der Waals surface area contributed by atoms with Crippen molar-refractivity contribution in [2.75, 3.05) is 13.2 Å². The van der Waals surface area contributed by atoms with Crippen LogP contribution >= 0.6 is 0 Å². The maximum absolute atomic E-state index is 13.5. The predicted molar refractivity (Wildman–Crippen MR) is 131 cm³/mol. The van der Waals surface area contributed by atoms with Crippen molar-refractivity contribution in [2.45, 2.75) is 57.0 Å². The second-order valence-corrected chi connectivity index (χ2v) is 10.2. The molecular weight excluding hydrogens is 444 g/mol. The third-order valence-electron chi connectivity index (χ3n) is 7.94. The molecule has 0 aromatic heterocycles.